The van der Waals surface area contributed by atoms with Gasteiger partial charge in [-0.15, -0.1) is 0 Å². The Labute approximate surface area is 298 Å². The minimum Gasteiger partial charge on any atom is -0.369 e. The van der Waals surface area contributed by atoms with E-state index in [1.807, 2.05) is 36.4 Å². The van der Waals surface area contributed by atoms with Gasteiger partial charge in [-0.2, -0.15) is 18.2 Å². The molecule has 4 aromatic rings. The average molecular weight is 739 g/mol. The molecule has 52 heavy (non-hydrogen) atoms. The number of urea groups is 1. The van der Waals surface area contributed by atoms with Crippen molar-refractivity contribution in [2.24, 2.45) is 0 Å². The molecule has 3 N–H and O–H groups in total. The zero-order valence-corrected chi connectivity index (χ0v) is 29.2. The first-order chi connectivity index (χ1) is 24.7. The zero-order valence-electron chi connectivity index (χ0n) is 28.4. The number of pyridine rings is 1. The van der Waals surface area contributed by atoms with Crippen molar-refractivity contribution < 1.29 is 31.2 Å². The lowest BCUT2D eigenvalue weighted by molar-refractivity contribution is -0.137. The Hall–Kier alpha value is -5.49. The number of aromatic nitrogens is 3. The molecule has 0 saturated carbocycles. The fourth-order valence-electron chi connectivity index (χ4n) is 5.87. The van der Waals surface area contributed by atoms with Crippen LogP contribution in [0.5, 0.6) is 0 Å². The lowest BCUT2D eigenvalue weighted by Gasteiger charge is -2.36. The summed E-state index contributed by atoms with van der Waals surface area (Å²) in [6.45, 7) is 4.18. The molecule has 14 nitrogen and oxygen atoms in total. The van der Waals surface area contributed by atoms with Crippen LogP contribution < -0.4 is 30.1 Å². The highest BCUT2D eigenvalue weighted by molar-refractivity contribution is 7.92. The highest BCUT2D eigenvalue weighted by atomic mass is 32.2. The number of piperazine rings is 1. The van der Waals surface area contributed by atoms with E-state index in [0.717, 1.165) is 60.2 Å². The number of nitrogens with one attached hydrogen (secondary N) is 3. The molecule has 0 bridgehead atoms. The maximum Gasteiger partial charge on any atom is 0.421 e. The predicted octanol–water partition coefficient (Wildman–Crippen LogP) is 4.41. The number of hydrogen-bond donors (Lipinski definition) is 3. The number of carbonyl (C=O) groups excluding carboxylic acids is 2. The van der Waals surface area contributed by atoms with E-state index in [9.17, 15) is 31.2 Å². The smallest absolute Gasteiger partial charge is 0.369 e. The summed E-state index contributed by atoms with van der Waals surface area (Å²) in [4.78, 5) is 41.8. The van der Waals surface area contributed by atoms with Gasteiger partial charge in [-0.3, -0.25) is 24.2 Å². The molecule has 0 aliphatic carbocycles. The second kappa shape index (κ2) is 15.0. The van der Waals surface area contributed by atoms with Gasteiger partial charge in [0.1, 0.15) is 17.2 Å². The number of sulfonamides is 1. The van der Waals surface area contributed by atoms with Crippen LogP contribution in [0, 0.1) is 0 Å². The van der Waals surface area contributed by atoms with Crippen molar-refractivity contribution in [1.82, 2.24) is 25.2 Å². The van der Waals surface area contributed by atoms with Crippen molar-refractivity contribution in [2.75, 3.05) is 70.8 Å². The molecule has 2 aliphatic rings. The van der Waals surface area contributed by atoms with Crippen LogP contribution in [-0.4, -0.2) is 86.2 Å². The third kappa shape index (κ3) is 8.68. The average Bonchev–Trinajstić information content (AvgIpc) is 3.11. The molecule has 4 heterocycles. The number of anilines is 6. The number of hydrogen-bond acceptors (Lipinski definition) is 11. The van der Waals surface area contributed by atoms with E-state index < -0.39 is 33.6 Å². The normalized spacial score (nSPS) is 15.7. The fourth-order valence-corrected chi connectivity index (χ4v) is 6.35. The van der Waals surface area contributed by atoms with Crippen molar-refractivity contribution in [1.29, 1.82) is 0 Å². The van der Waals surface area contributed by atoms with E-state index >= 15 is 0 Å². The third-order valence-electron chi connectivity index (χ3n) is 8.77. The number of rotatable bonds is 11. The first-order valence-corrected chi connectivity index (χ1v) is 18.2. The number of imide groups is 1. The van der Waals surface area contributed by atoms with Crippen molar-refractivity contribution in [3.05, 3.63) is 89.7 Å². The van der Waals surface area contributed by atoms with Crippen molar-refractivity contribution in [2.45, 2.75) is 25.7 Å². The van der Waals surface area contributed by atoms with Gasteiger partial charge in [0.05, 0.1) is 6.26 Å². The standard InChI is InChI=1S/C34H37F3N10O4S/c1-44(52(2,50)51)31-24(4-3-14-38-31)20-39-30-28(34(35,36)37)21-40-32(43-30)41-25-7-11-26(12-8-25)46-18-16-45(17-19-46)22-23-5-9-27(10-6-23)47-15-13-29(48)42-33(47)49/h3-12,14,21H,13,15-20,22H2,1-2H3,(H,42,48,49)(H2,39,40,41,43). The van der Waals surface area contributed by atoms with Gasteiger partial charge < -0.3 is 15.5 Å². The monoisotopic (exact) mass is 738 g/mol. The van der Waals surface area contributed by atoms with Crippen molar-refractivity contribution in [3.63, 3.8) is 0 Å². The topological polar surface area (TPSA) is 156 Å². The summed E-state index contributed by atoms with van der Waals surface area (Å²) in [5.74, 6) is -0.715. The molecule has 2 aromatic heterocycles. The molecule has 3 amide bonds. The largest absolute Gasteiger partial charge is 0.421 e. The summed E-state index contributed by atoms with van der Waals surface area (Å²) >= 11 is 0. The molecular formula is C34H37F3N10O4S. The zero-order chi connectivity index (χ0) is 37.0. The number of benzene rings is 2. The van der Waals surface area contributed by atoms with E-state index in [0.29, 0.717) is 24.0 Å². The van der Waals surface area contributed by atoms with Gasteiger partial charge in [-0.05, 0) is 48.0 Å². The van der Waals surface area contributed by atoms with Gasteiger partial charge in [-0.25, -0.2) is 23.2 Å². The minimum atomic E-state index is -4.74. The molecule has 0 atom stereocenters. The van der Waals surface area contributed by atoms with Crippen LogP contribution in [0.15, 0.2) is 73.1 Å². The molecule has 2 aromatic carbocycles. The Morgan fingerprint density at radius 3 is 2.27 bits per heavy atom. The molecule has 274 valence electrons. The Morgan fingerprint density at radius 2 is 1.62 bits per heavy atom. The second-order valence-corrected chi connectivity index (χ2v) is 14.4. The molecular weight excluding hydrogens is 702 g/mol. The maximum atomic E-state index is 13.9. The van der Waals surface area contributed by atoms with Crippen LogP contribution in [0.3, 0.4) is 0 Å². The van der Waals surface area contributed by atoms with Gasteiger partial charge in [-0.1, -0.05) is 18.2 Å². The van der Waals surface area contributed by atoms with E-state index in [2.05, 4.69) is 40.7 Å². The van der Waals surface area contributed by atoms with E-state index in [4.69, 9.17) is 0 Å². The van der Waals surface area contributed by atoms with Crippen LogP contribution in [0.2, 0.25) is 0 Å². The molecule has 0 radical (unpaired) electrons. The maximum absolute atomic E-state index is 13.9. The molecule has 0 unspecified atom stereocenters. The van der Waals surface area contributed by atoms with Crippen LogP contribution in [-0.2, 0) is 34.1 Å². The first kappa shape index (κ1) is 36.3. The second-order valence-electron chi connectivity index (χ2n) is 12.4. The SMILES string of the molecule is CN(c1ncccc1CNc1nc(Nc2ccc(N3CCN(Cc4ccc(N5CCC(=O)NC5=O)cc4)CC3)cc2)ncc1C(F)(F)F)S(C)(=O)=O. The van der Waals surface area contributed by atoms with Gasteiger partial charge in [0, 0.05) is 94.3 Å². The van der Waals surface area contributed by atoms with Crippen molar-refractivity contribution >= 4 is 56.6 Å². The molecule has 18 heteroatoms. The summed E-state index contributed by atoms with van der Waals surface area (Å²) in [5, 5.41) is 7.99. The highest BCUT2D eigenvalue weighted by Crippen LogP contribution is 2.35. The number of halogens is 3. The van der Waals surface area contributed by atoms with Crippen LogP contribution in [0.1, 0.15) is 23.1 Å². The molecule has 2 saturated heterocycles. The molecule has 0 spiro atoms. The lowest BCUT2D eigenvalue weighted by atomic mass is 10.1. The van der Waals surface area contributed by atoms with E-state index in [1.54, 1.807) is 29.2 Å². The van der Waals surface area contributed by atoms with Gasteiger partial charge in [0.2, 0.25) is 21.9 Å². The third-order valence-corrected chi connectivity index (χ3v) is 9.94. The summed E-state index contributed by atoms with van der Waals surface area (Å²) in [5.41, 5.74) is 2.72. The predicted molar refractivity (Wildman–Crippen MR) is 191 cm³/mol. The summed E-state index contributed by atoms with van der Waals surface area (Å²) in [7, 11) is -2.35. The minimum absolute atomic E-state index is 0.0566. The Bertz CT molecular complexity index is 2020. The number of alkyl halides is 3. The Balaban J connectivity index is 1.05. The molecule has 2 aliphatic heterocycles. The summed E-state index contributed by atoms with van der Waals surface area (Å²) in [6, 6.07) is 17.9. The van der Waals surface area contributed by atoms with Crippen LogP contribution >= 0.6 is 0 Å². The summed E-state index contributed by atoms with van der Waals surface area (Å²) < 4.78 is 66.8. The lowest BCUT2D eigenvalue weighted by Crippen LogP contribution is -2.49. The molecule has 2 fully saturated rings. The van der Waals surface area contributed by atoms with Crippen LogP contribution in [0.25, 0.3) is 0 Å². The number of amides is 3. The van der Waals surface area contributed by atoms with Gasteiger partial charge in [0.25, 0.3) is 0 Å². The number of nitrogens with zero attached hydrogens (tertiary/aromatic N) is 7. The van der Waals surface area contributed by atoms with E-state index in [1.165, 1.54) is 13.2 Å². The quantitative estimate of drug-likeness (QED) is 0.200. The van der Waals surface area contributed by atoms with Crippen molar-refractivity contribution in [3.8, 4) is 0 Å². The fraction of sp³-hybridized carbons (Fsp3) is 0.324. The summed E-state index contributed by atoms with van der Waals surface area (Å²) in [6.07, 6.45) is -1.37. The number of carbonyl (C=O) groups is 2. The van der Waals surface area contributed by atoms with Gasteiger partial charge in [0.15, 0.2) is 0 Å². The highest BCUT2D eigenvalue weighted by Gasteiger charge is 2.35. The molecule has 6 rings (SSSR count). The van der Waals surface area contributed by atoms with Gasteiger partial charge >= 0.3 is 12.2 Å². The Morgan fingerprint density at radius 1 is 0.923 bits per heavy atom. The first-order valence-electron chi connectivity index (χ1n) is 16.4. The van der Waals surface area contributed by atoms with E-state index in [-0.39, 0.29) is 30.6 Å². The van der Waals surface area contributed by atoms with Crippen LogP contribution in [0.4, 0.5) is 52.6 Å². The Kier molecular flexibility index (Phi) is 10.5.